The molecule has 1 saturated carbocycles. The van der Waals surface area contributed by atoms with Gasteiger partial charge in [-0.2, -0.15) is 0 Å². The summed E-state index contributed by atoms with van der Waals surface area (Å²) in [6.45, 7) is 5.43. The van der Waals surface area contributed by atoms with Gasteiger partial charge in [0.25, 0.3) is 0 Å². The smallest absolute Gasteiger partial charge is 0.191 e. The lowest BCUT2D eigenvalue weighted by Crippen LogP contribution is -2.42. The molecule has 1 aliphatic heterocycles. The lowest BCUT2D eigenvalue weighted by molar-refractivity contribution is 0.0529. The highest BCUT2D eigenvalue weighted by Gasteiger charge is 2.18. The van der Waals surface area contributed by atoms with Crippen LogP contribution in [0, 0.1) is 0 Å². The number of rotatable bonds is 4. The van der Waals surface area contributed by atoms with E-state index in [4.69, 9.17) is 4.74 Å². The predicted octanol–water partition coefficient (Wildman–Crippen LogP) is 1.91. The number of hydrogen-bond acceptors (Lipinski definition) is 4. The van der Waals surface area contributed by atoms with Gasteiger partial charge in [-0.05, 0) is 31.4 Å². The average molecular weight is 331 g/mol. The third kappa shape index (κ3) is 4.60. The molecule has 1 saturated heterocycles. The van der Waals surface area contributed by atoms with Gasteiger partial charge < -0.3 is 20.3 Å². The molecule has 1 unspecified atom stereocenters. The topological polar surface area (TPSA) is 61.8 Å². The van der Waals surface area contributed by atoms with Crippen LogP contribution in [0.4, 0.5) is 5.82 Å². The number of aliphatic imine (C=N–C) groups is 1. The zero-order valence-corrected chi connectivity index (χ0v) is 14.8. The molecule has 0 amide bonds. The number of nitrogens with one attached hydrogen (secondary N) is 2. The Labute approximate surface area is 144 Å². The first-order valence-electron chi connectivity index (χ1n) is 9.03. The number of anilines is 1. The Morgan fingerprint density at radius 2 is 2.21 bits per heavy atom. The van der Waals surface area contributed by atoms with Crippen LogP contribution in [0.5, 0.6) is 0 Å². The quantitative estimate of drug-likeness (QED) is 0.652. The number of guanidine groups is 1. The maximum Gasteiger partial charge on any atom is 0.191 e. The first-order chi connectivity index (χ1) is 11.7. The molecule has 0 spiro atoms. The molecule has 6 heteroatoms. The fraction of sp³-hybridized carbons (Fsp3) is 0.667. The molecule has 132 valence electrons. The third-order valence-electron chi connectivity index (χ3n) is 4.75. The summed E-state index contributed by atoms with van der Waals surface area (Å²) < 4.78 is 5.59. The van der Waals surface area contributed by atoms with Crippen molar-refractivity contribution < 1.29 is 4.74 Å². The Balaban J connectivity index is 1.50. The molecule has 2 aliphatic rings. The van der Waals surface area contributed by atoms with E-state index in [1.807, 2.05) is 13.2 Å². The summed E-state index contributed by atoms with van der Waals surface area (Å²) in [5.41, 5.74) is 1.16. The lowest BCUT2D eigenvalue weighted by atomic mass is 10.2. The highest BCUT2D eigenvalue weighted by Crippen LogP contribution is 2.17. The van der Waals surface area contributed by atoms with Crippen molar-refractivity contribution in [1.82, 2.24) is 15.6 Å². The Morgan fingerprint density at radius 1 is 1.38 bits per heavy atom. The molecule has 2 heterocycles. The molecular formula is C18H29N5O. The van der Waals surface area contributed by atoms with E-state index in [-0.39, 0.29) is 6.10 Å². The van der Waals surface area contributed by atoms with Crippen molar-refractivity contribution in [2.75, 3.05) is 31.6 Å². The number of nitrogens with zero attached hydrogens (tertiary/aromatic N) is 3. The van der Waals surface area contributed by atoms with Gasteiger partial charge in [-0.3, -0.25) is 4.99 Å². The van der Waals surface area contributed by atoms with Crippen LogP contribution in [0.25, 0.3) is 0 Å². The van der Waals surface area contributed by atoms with Crippen LogP contribution in [-0.2, 0) is 11.3 Å². The molecule has 2 N–H and O–H groups in total. The second-order valence-corrected chi connectivity index (χ2v) is 6.70. The van der Waals surface area contributed by atoms with Crippen molar-refractivity contribution in [1.29, 1.82) is 0 Å². The summed E-state index contributed by atoms with van der Waals surface area (Å²) in [7, 11) is 1.82. The first kappa shape index (κ1) is 17.0. The van der Waals surface area contributed by atoms with Gasteiger partial charge in [0.05, 0.1) is 12.7 Å². The van der Waals surface area contributed by atoms with E-state index >= 15 is 0 Å². The summed E-state index contributed by atoms with van der Waals surface area (Å²) in [5, 5.41) is 6.88. The summed E-state index contributed by atoms with van der Waals surface area (Å²) in [6.07, 6.45) is 7.35. The summed E-state index contributed by atoms with van der Waals surface area (Å²) in [4.78, 5) is 11.2. The number of pyridine rings is 1. The zero-order valence-electron chi connectivity index (χ0n) is 14.8. The Kier molecular flexibility index (Phi) is 5.91. The predicted molar refractivity (Wildman–Crippen MR) is 97.5 cm³/mol. The highest BCUT2D eigenvalue weighted by molar-refractivity contribution is 5.79. The molecular weight excluding hydrogens is 302 g/mol. The molecule has 2 fully saturated rings. The van der Waals surface area contributed by atoms with Gasteiger partial charge in [-0.15, -0.1) is 0 Å². The van der Waals surface area contributed by atoms with Crippen LogP contribution in [0.2, 0.25) is 0 Å². The summed E-state index contributed by atoms with van der Waals surface area (Å²) >= 11 is 0. The summed E-state index contributed by atoms with van der Waals surface area (Å²) in [5.74, 6) is 1.91. The Hall–Kier alpha value is -1.82. The van der Waals surface area contributed by atoms with Crippen LogP contribution in [0.1, 0.15) is 38.2 Å². The molecule has 0 aromatic carbocycles. The van der Waals surface area contributed by atoms with Crippen LogP contribution >= 0.6 is 0 Å². The van der Waals surface area contributed by atoms with Crippen molar-refractivity contribution in [3.05, 3.63) is 23.9 Å². The number of aromatic nitrogens is 1. The van der Waals surface area contributed by atoms with Gasteiger partial charge >= 0.3 is 0 Å². The maximum absolute atomic E-state index is 5.59. The summed E-state index contributed by atoms with van der Waals surface area (Å²) in [6, 6.07) is 4.81. The Bertz CT molecular complexity index is 539. The lowest BCUT2D eigenvalue weighted by Gasteiger charge is -2.32. The van der Waals surface area contributed by atoms with E-state index in [2.05, 4.69) is 44.6 Å². The minimum absolute atomic E-state index is 0.270. The minimum Gasteiger partial charge on any atom is -0.375 e. The Morgan fingerprint density at radius 3 is 2.88 bits per heavy atom. The van der Waals surface area contributed by atoms with E-state index in [9.17, 15) is 0 Å². The van der Waals surface area contributed by atoms with E-state index < -0.39 is 0 Å². The molecule has 0 bridgehead atoms. The van der Waals surface area contributed by atoms with Crippen molar-refractivity contribution >= 4 is 11.8 Å². The number of morpholine rings is 1. The average Bonchev–Trinajstić information content (AvgIpc) is 3.12. The van der Waals surface area contributed by atoms with Crippen molar-refractivity contribution in [3.63, 3.8) is 0 Å². The normalized spacial score (nSPS) is 22.7. The van der Waals surface area contributed by atoms with Crippen LogP contribution in [-0.4, -0.2) is 49.8 Å². The monoisotopic (exact) mass is 331 g/mol. The molecule has 6 nitrogen and oxygen atoms in total. The van der Waals surface area contributed by atoms with Gasteiger partial charge in [0.1, 0.15) is 5.82 Å². The molecule has 24 heavy (non-hydrogen) atoms. The SMILES string of the molecule is CN=C(NCc1ccc(N2CCOC(C)C2)nc1)NC1CCCC1. The van der Waals surface area contributed by atoms with Crippen LogP contribution in [0.15, 0.2) is 23.3 Å². The van der Waals surface area contributed by atoms with E-state index in [0.29, 0.717) is 6.04 Å². The first-order valence-corrected chi connectivity index (χ1v) is 9.03. The third-order valence-corrected chi connectivity index (χ3v) is 4.75. The largest absolute Gasteiger partial charge is 0.375 e. The van der Waals surface area contributed by atoms with Gasteiger partial charge in [0.2, 0.25) is 0 Å². The van der Waals surface area contributed by atoms with Gasteiger partial charge in [0, 0.05) is 38.9 Å². The second kappa shape index (κ2) is 8.33. The van der Waals surface area contributed by atoms with E-state index in [1.54, 1.807) is 0 Å². The molecule has 1 atom stereocenters. The van der Waals surface area contributed by atoms with Crippen molar-refractivity contribution in [2.45, 2.75) is 51.3 Å². The maximum atomic E-state index is 5.59. The van der Waals surface area contributed by atoms with E-state index in [1.165, 1.54) is 25.7 Å². The number of hydrogen-bond donors (Lipinski definition) is 2. The van der Waals surface area contributed by atoms with Crippen molar-refractivity contribution in [3.8, 4) is 0 Å². The second-order valence-electron chi connectivity index (χ2n) is 6.70. The molecule has 0 radical (unpaired) electrons. The van der Waals surface area contributed by atoms with Gasteiger partial charge in [-0.1, -0.05) is 18.9 Å². The molecule has 1 aromatic heterocycles. The molecule has 1 aromatic rings. The van der Waals surface area contributed by atoms with Gasteiger partial charge in [0.15, 0.2) is 5.96 Å². The standard InChI is InChI=1S/C18H29N5O/c1-14-13-23(9-10-24-14)17-8-7-15(11-20-17)12-21-18(19-2)22-16-5-3-4-6-16/h7-8,11,14,16H,3-6,9-10,12-13H2,1-2H3,(H2,19,21,22). The van der Waals surface area contributed by atoms with E-state index in [0.717, 1.165) is 43.6 Å². The minimum atomic E-state index is 0.270. The fourth-order valence-electron chi connectivity index (χ4n) is 3.38. The fourth-order valence-corrected chi connectivity index (χ4v) is 3.38. The molecule has 3 rings (SSSR count). The molecule has 1 aliphatic carbocycles. The highest BCUT2D eigenvalue weighted by atomic mass is 16.5. The van der Waals surface area contributed by atoms with Crippen LogP contribution < -0.4 is 15.5 Å². The number of ether oxygens (including phenoxy) is 1. The van der Waals surface area contributed by atoms with Crippen molar-refractivity contribution in [2.24, 2.45) is 4.99 Å². The van der Waals surface area contributed by atoms with Gasteiger partial charge in [-0.25, -0.2) is 4.98 Å². The zero-order chi connectivity index (χ0) is 16.8. The van der Waals surface area contributed by atoms with Crippen LogP contribution in [0.3, 0.4) is 0 Å².